The summed E-state index contributed by atoms with van der Waals surface area (Å²) in [6, 6.07) is 9.99. The Morgan fingerprint density at radius 3 is 3.00 bits per heavy atom. The molecule has 0 saturated heterocycles. The van der Waals surface area contributed by atoms with E-state index in [0.29, 0.717) is 12.2 Å². The van der Waals surface area contributed by atoms with Crippen LogP contribution in [-0.4, -0.2) is 15.0 Å². The number of hydrogen-bond acceptors (Lipinski definition) is 3. The molecular weight excluding hydrogens is 292 g/mol. The second-order valence-electron chi connectivity index (χ2n) is 4.01. The highest BCUT2D eigenvalue weighted by Gasteiger charge is 2.06. The number of halogens is 1. The maximum Gasteiger partial charge on any atom is 0.178 e. The summed E-state index contributed by atoms with van der Waals surface area (Å²) in [5.74, 6) is 0.811. The summed E-state index contributed by atoms with van der Waals surface area (Å²) in [5.41, 5.74) is 9.38. The Bertz CT molecular complexity index is 705. The van der Waals surface area contributed by atoms with E-state index >= 15 is 0 Å². The summed E-state index contributed by atoms with van der Waals surface area (Å²) >= 11 is 3.39. The Morgan fingerprint density at radius 2 is 2.17 bits per heavy atom. The van der Waals surface area contributed by atoms with E-state index in [1.54, 1.807) is 6.20 Å². The molecule has 3 aromatic rings. The Kier molecular flexibility index (Phi) is 2.85. The number of pyridine rings is 1. The van der Waals surface area contributed by atoms with Crippen LogP contribution in [-0.2, 0) is 6.54 Å². The zero-order valence-electron chi connectivity index (χ0n) is 9.52. The Morgan fingerprint density at radius 1 is 1.28 bits per heavy atom. The fourth-order valence-corrected chi connectivity index (χ4v) is 2.19. The van der Waals surface area contributed by atoms with E-state index < -0.39 is 0 Å². The number of H-pyrrole nitrogens is 1. The fourth-order valence-electron chi connectivity index (χ4n) is 1.86. The minimum atomic E-state index is 0.526. The maximum absolute atomic E-state index is 5.64. The summed E-state index contributed by atoms with van der Waals surface area (Å²) in [7, 11) is 0. The van der Waals surface area contributed by atoms with E-state index in [1.807, 2.05) is 30.3 Å². The number of imidazole rings is 1. The van der Waals surface area contributed by atoms with Gasteiger partial charge in [0.25, 0.3) is 0 Å². The molecule has 0 aliphatic heterocycles. The van der Waals surface area contributed by atoms with Crippen LogP contribution in [0, 0.1) is 0 Å². The van der Waals surface area contributed by atoms with Gasteiger partial charge in [-0.1, -0.05) is 18.2 Å². The van der Waals surface area contributed by atoms with Crippen molar-refractivity contribution in [3.05, 3.63) is 46.6 Å². The smallest absolute Gasteiger partial charge is 0.178 e. The van der Waals surface area contributed by atoms with E-state index in [2.05, 4.69) is 30.9 Å². The van der Waals surface area contributed by atoms with Gasteiger partial charge in [-0.15, -0.1) is 0 Å². The van der Waals surface area contributed by atoms with Gasteiger partial charge in [-0.05, 0) is 33.6 Å². The van der Waals surface area contributed by atoms with Crippen LogP contribution in [0.1, 0.15) is 5.56 Å². The lowest BCUT2D eigenvalue weighted by Crippen LogP contribution is -1.95. The van der Waals surface area contributed by atoms with Crippen LogP contribution in [0.3, 0.4) is 0 Å². The van der Waals surface area contributed by atoms with Gasteiger partial charge in [0.2, 0.25) is 0 Å². The van der Waals surface area contributed by atoms with Gasteiger partial charge in [0, 0.05) is 22.8 Å². The summed E-state index contributed by atoms with van der Waals surface area (Å²) in [6.45, 7) is 0.526. The lowest BCUT2D eigenvalue weighted by atomic mass is 10.1. The van der Waals surface area contributed by atoms with E-state index in [9.17, 15) is 0 Å². The van der Waals surface area contributed by atoms with Crippen molar-refractivity contribution in [2.45, 2.75) is 6.54 Å². The number of nitrogens with zero attached hydrogens (tertiary/aromatic N) is 2. The van der Waals surface area contributed by atoms with E-state index in [-0.39, 0.29) is 0 Å². The van der Waals surface area contributed by atoms with Gasteiger partial charge in [-0.2, -0.15) is 0 Å². The van der Waals surface area contributed by atoms with Crippen LogP contribution in [0.2, 0.25) is 0 Å². The second-order valence-corrected chi connectivity index (χ2v) is 4.93. The first-order valence-electron chi connectivity index (χ1n) is 5.57. The van der Waals surface area contributed by atoms with Crippen LogP contribution < -0.4 is 5.73 Å². The molecule has 0 radical (unpaired) electrons. The summed E-state index contributed by atoms with van der Waals surface area (Å²) in [4.78, 5) is 12.0. The molecule has 3 N–H and O–H groups in total. The minimum absolute atomic E-state index is 0.526. The normalized spacial score (nSPS) is 11.0. The molecular formula is C13H11BrN4. The van der Waals surface area contributed by atoms with Crippen molar-refractivity contribution in [2.75, 3.05) is 0 Å². The number of fused-ring (bicyclic) bond motifs is 1. The molecule has 0 bridgehead atoms. The van der Waals surface area contributed by atoms with Crippen molar-refractivity contribution < 1.29 is 0 Å². The summed E-state index contributed by atoms with van der Waals surface area (Å²) in [5, 5.41) is 0. The molecule has 0 aliphatic carbocycles. The highest BCUT2D eigenvalue weighted by molar-refractivity contribution is 9.10. The van der Waals surface area contributed by atoms with Crippen molar-refractivity contribution >= 4 is 27.1 Å². The number of aromatic nitrogens is 3. The quantitative estimate of drug-likeness (QED) is 0.765. The molecule has 0 unspecified atom stereocenters. The Hall–Kier alpha value is -1.72. The molecule has 5 heteroatoms. The summed E-state index contributed by atoms with van der Waals surface area (Å²) < 4.78 is 0.931. The third kappa shape index (κ3) is 2.02. The third-order valence-electron chi connectivity index (χ3n) is 2.74. The Balaban J connectivity index is 2.13. The highest BCUT2D eigenvalue weighted by atomic mass is 79.9. The largest absolute Gasteiger partial charge is 0.337 e. The minimum Gasteiger partial charge on any atom is -0.337 e. The molecule has 0 saturated carbocycles. The zero-order valence-corrected chi connectivity index (χ0v) is 11.1. The van der Waals surface area contributed by atoms with Crippen molar-refractivity contribution in [3.8, 4) is 11.4 Å². The SMILES string of the molecule is NCc1cccc(-c2nc3ncc(Br)cc3[nH]2)c1. The predicted molar refractivity (Wildman–Crippen MR) is 74.9 cm³/mol. The van der Waals surface area contributed by atoms with Crippen molar-refractivity contribution in [1.29, 1.82) is 0 Å². The predicted octanol–water partition coefficient (Wildman–Crippen LogP) is 2.85. The van der Waals surface area contributed by atoms with E-state index in [0.717, 1.165) is 26.9 Å². The number of nitrogens with two attached hydrogens (primary N) is 1. The van der Waals surface area contributed by atoms with Gasteiger partial charge >= 0.3 is 0 Å². The molecule has 0 spiro atoms. The van der Waals surface area contributed by atoms with Gasteiger partial charge in [0.05, 0.1) is 5.52 Å². The lowest BCUT2D eigenvalue weighted by molar-refractivity contribution is 1.07. The van der Waals surface area contributed by atoms with Crippen LogP contribution in [0.4, 0.5) is 0 Å². The number of benzene rings is 1. The zero-order chi connectivity index (χ0) is 12.5. The van der Waals surface area contributed by atoms with Crippen LogP contribution in [0.5, 0.6) is 0 Å². The second kappa shape index (κ2) is 4.51. The van der Waals surface area contributed by atoms with Gasteiger partial charge in [-0.25, -0.2) is 9.97 Å². The molecule has 2 aromatic heterocycles. The molecule has 0 amide bonds. The van der Waals surface area contributed by atoms with Gasteiger partial charge in [0.15, 0.2) is 5.65 Å². The van der Waals surface area contributed by atoms with Crippen molar-refractivity contribution in [2.24, 2.45) is 5.73 Å². The molecule has 0 atom stereocenters. The third-order valence-corrected chi connectivity index (χ3v) is 3.17. The molecule has 0 fully saturated rings. The van der Waals surface area contributed by atoms with E-state index in [4.69, 9.17) is 5.73 Å². The lowest BCUT2D eigenvalue weighted by Gasteiger charge is -1.99. The molecule has 18 heavy (non-hydrogen) atoms. The van der Waals surface area contributed by atoms with Gasteiger partial charge in [0.1, 0.15) is 5.82 Å². The molecule has 0 aliphatic rings. The number of aromatic amines is 1. The van der Waals surface area contributed by atoms with Crippen molar-refractivity contribution in [3.63, 3.8) is 0 Å². The molecule has 1 aromatic carbocycles. The fraction of sp³-hybridized carbons (Fsp3) is 0.0769. The number of rotatable bonds is 2. The standard InChI is InChI=1S/C13H11BrN4/c14-10-5-11-13(16-7-10)18-12(17-11)9-3-1-2-8(4-9)6-15/h1-5,7H,6,15H2,(H,16,17,18). The molecule has 3 rings (SSSR count). The van der Waals surface area contributed by atoms with Crippen LogP contribution in [0.15, 0.2) is 41.0 Å². The van der Waals surface area contributed by atoms with Gasteiger partial charge < -0.3 is 10.7 Å². The van der Waals surface area contributed by atoms with Crippen molar-refractivity contribution in [1.82, 2.24) is 15.0 Å². The summed E-state index contributed by atoms with van der Waals surface area (Å²) in [6.07, 6.45) is 1.74. The Labute approximate surface area is 112 Å². The first-order valence-corrected chi connectivity index (χ1v) is 6.36. The topological polar surface area (TPSA) is 67.6 Å². The maximum atomic E-state index is 5.64. The molecule has 90 valence electrons. The van der Waals surface area contributed by atoms with Crippen LogP contribution >= 0.6 is 15.9 Å². The first kappa shape index (κ1) is 11.4. The molecule has 2 heterocycles. The molecule has 4 nitrogen and oxygen atoms in total. The number of hydrogen-bond donors (Lipinski definition) is 2. The average Bonchev–Trinajstić information content (AvgIpc) is 2.81. The van der Waals surface area contributed by atoms with Gasteiger partial charge in [-0.3, -0.25) is 0 Å². The first-order chi connectivity index (χ1) is 8.76. The van der Waals surface area contributed by atoms with Crippen LogP contribution in [0.25, 0.3) is 22.6 Å². The average molecular weight is 303 g/mol. The monoisotopic (exact) mass is 302 g/mol. The number of nitrogens with one attached hydrogen (secondary N) is 1. The van der Waals surface area contributed by atoms with E-state index in [1.165, 1.54) is 0 Å². The highest BCUT2D eigenvalue weighted by Crippen LogP contribution is 2.22.